The average Bonchev–Trinajstić information content (AvgIpc) is 2.72. The molecular weight excluding hydrogens is 194 g/mol. The van der Waals surface area contributed by atoms with Crippen LogP contribution in [0.4, 0.5) is 5.82 Å². The minimum atomic E-state index is 0.411. The van der Waals surface area contributed by atoms with Gasteiger partial charge in [-0.15, -0.1) is 0 Å². The van der Waals surface area contributed by atoms with Crippen molar-refractivity contribution in [2.24, 2.45) is 5.92 Å². The van der Waals surface area contributed by atoms with Crippen LogP contribution in [-0.2, 0) is 6.42 Å². The molecule has 0 spiro atoms. The number of nitrogens with one attached hydrogen (secondary N) is 1. The standard InChI is InChI=1S/C9H13N5O/c1-5(2)3-8-11-9(15-14-8)6-4-7(10)13-12-6/h4-5H,3H2,1-2H3,(H3,10,12,13). The molecule has 0 fully saturated rings. The van der Waals surface area contributed by atoms with Crippen LogP contribution < -0.4 is 5.73 Å². The molecule has 2 rings (SSSR count). The molecule has 2 heterocycles. The number of rotatable bonds is 3. The van der Waals surface area contributed by atoms with Gasteiger partial charge >= 0.3 is 0 Å². The molecule has 0 aliphatic rings. The fourth-order valence-corrected chi connectivity index (χ4v) is 1.26. The van der Waals surface area contributed by atoms with E-state index in [-0.39, 0.29) is 0 Å². The molecular formula is C9H13N5O. The van der Waals surface area contributed by atoms with Gasteiger partial charge in [0.15, 0.2) is 5.82 Å². The van der Waals surface area contributed by atoms with Crippen LogP contribution in [0.5, 0.6) is 0 Å². The zero-order valence-corrected chi connectivity index (χ0v) is 8.69. The summed E-state index contributed by atoms with van der Waals surface area (Å²) in [5, 5.41) is 10.4. The lowest BCUT2D eigenvalue weighted by molar-refractivity contribution is 0.416. The highest BCUT2D eigenvalue weighted by Gasteiger charge is 2.11. The second-order valence-electron chi connectivity index (χ2n) is 3.82. The van der Waals surface area contributed by atoms with Crippen LogP contribution in [0.2, 0.25) is 0 Å². The lowest BCUT2D eigenvalue weighted by Crippen LogP contribution is -1.95. The summed E-state index contributed by atoms with van der Waals surface area (Å²) in [6, 6.07) is 1.66. The van der Waals surface area contributed by atoms with Crippen molar-refractivity contribution >= 4 is 5.82 Å². The molecule has 0 bridgehead atoms. The Morgan fingerprint density at radius 3 is 2.93 bits per heavy atom. The van der Waals surface area contributed by atoms with Gasteiger partial charge in [0, 0.05) is 12.5 Å². The summed E-state index contributed by atoms with van der Waals surface area (Å²) in [7, 11) is 0. The van der Waals surface area contributed by atoms with E-state index in [9.17, 15) is 0 Å². The number of hydrogen-bond donors (Lipinski definition) is 2. The first-order valence-corrected chi connectivity index (χ1v) is 4.79. The summed E-state index contributed by atoms with van der Waals surface area (Å²) in [5.74, 6) is 2.04. The summed E-state index contributed by atoms with van der Waals surface area (Å²) in [6.45, 7) is 4.20. The van der Waals surface area contributed by atoms with E-state index < -0.39 is 0 Å². The second kappa shape index (κ2) is 3.72. The Hall–Kier alpha value is -1.85. The second-order valence-corrected chi connectivity index (χ2v) is 3.82. The van der Waals surface area contributed by atoms with Gasteiger partial charge in [0.2, 0.25) is 0 Å². The van der Waals surface area contributed by atoms with Crippen LogP contribution >= 0.6 is 0 Å². The van der Waals surface area contributed by atoms with Gasteiger partial charge in [-0.2, -0.15) is 10.1 Å². The molecule has 0 atom stereocenters. The summed E-state index contributed by atoms with van der Waals surface area (Å²) in [6.07, 6.45) is 0.799. The molecule has 0 unspecified atom stereocenters. The topological polar surface area (TPSA) is 93.6 Å². The number of H-pyrrole nitrogens is 1. The van der Waals surface area contributed by atoms with Crippen molar-refractivity contribution in [2.75, 3.05) is 5.73 Å². The number of nitrogens with zero attached hydrogens (tertiary/aromatic N) is 3. The van der Waals surface area contributed by atoms with E-state index in [1.807, 2.05) is 0 Å². The van der Waals surface area contributed by atoms with Crippen molar-refractivity contribution in [2.45, 2.75) is 20.3 Å². The zero-order valence-electron chi connectivity index (χ0n) is 8.69. The molecule has 2 aromatic rings. The number of aromatic nitrogens is 4. The Morgan fingerprint density at radius 2 is 2.33 bits per heavy atom. The third-order valence-electron chi connectivity index (χ3n) is 1.89. The van der Waals surface area contributed by atoms with Crippen LogP contribution in [0.15, 0.2) is 10.6 Å². The SMILES string of the molecule is CC(C)Cc1noc(-c2cc(N)n[nH]2)n1. The molecule has 0 aliphatic carbocycles. The van der Waals surface area contributed by atoms with Gasteiger partial charge in [-0.1, -0.05) is 19.0 Å². The molecule has 3 N–H and O–H groups in total. The number of anilines is 1. The smallest absolute Gasteiger partial charge is 0.276 e. The third kappa shape index (κ3) is 2.15. The normalized spacial score (nSPS) is 11.1. The molecule has 6 heteroatoms. The Balaban J connectivity index is 2.20. The molecule has 0 radical (unpaired) electrons. The van der Waals surface area contributed by atoms with Crippen LogP contribution in [0, 0.1) is 5.92 Å². The Morgan fingerprint density at radius 1 is 1.53 bits per heavy atom. The molecule has 0 aromatic carbocycles. The first-order chi connectivity index (χ1) is 7.15. The molecule has 15 heavy (non-hydrogen) atoms. The fourth-order valence-electron chi connectivity index (χ4n) is 1.26. The van der Waals surface area contributed by atoms with Gasteiger partial charge in [0.05, 0.1) is 0 Å². The first-order valence-electron chi connectivity index (χ1n) is 4.79. The van der Waals surface area contributed by atoms with E-state index in [2.05, 4.69) is 34.2 Å². The van der Waals surface area contributed by atoms with Crippen molar-refractivity contribution in [3.05, 3.63) is 11.9 Å². The highest BCUT2D eigenvalue weighted by Crippen LogP contribution is 2.16. The highest BCUT2D eigenvalue weighted by molar-refractivity contribution is 5.51. The van der Waals surface area contributed by atoms with Crippen molar-refractivity contribution in [1.29, 1.82) is 0 Å². The lowest BCUT2D eigenvalue weighted by Gasteiger charge is -1.95. The van der Waals surface area contributed by atoms with Crippen LogP contribution in [0.1, 0.15) is 19.7 Å². The molecule has 2 aromatic heterocycles. The van der Waals surface area contributed by atoms with Crippen molar-refractivity contribution < 1.29 is 4.52 Å². The summed E-state index contributed by atoms with van der Waals surface area (Å²) in [5.41, 5.74) is 6.12. The van der Waals surface area contributed by atoms with Gasteiger partial charge < -0.3 is 10.3 Å². The predicted molar refractivity (Wildman–Crippen MR) is 54.8 cm³/mol. The van der Waals surface area contributed by atoms with Crippen molar-refractivity contribution in [3.8, 4) is 11.6 Å². The number of nitrogen functional groups attached to an aromatic ring is 1. The Labute approximate surface area is 86.9 Å². The van der Waals surface area contributed by atoms with E-state index in [0.29, 0.717) is 29.1 Å². The first kappa shape index (κ1) is 9.70. The van der Waals surface area contributed by atoms with Gasteiger partial charge in [-0.05, 0) is 5.92 Å². The van der Waals surface area contributed by atoms with E-state index in [1.54, 1.807) is 6.07 Å². The van der Waals surface area contributed by atoms with Gasteiger partial charge in [0.1, 0.15) is 11.5 Å². The van der Waals surface area contributed by atoms with Gasteiger partial charge in [0.25, 0.3) is 5.89 Å². The fraction of sp³-hybridized carbons (Fsp3) is 0.444. The Kier molecular flexibility index (Phi) is 2.40. The summed E-state index contributed by atoms with van der Waals surface area (Å²) >= 11 is 0. The minimum Gasteiger partial charge on any atom is -0.382 e. The molecule has 0 amide bonds. The number of aromatic amines is 1. The molecule has 80 valence electrons. The third-order valence-corrected chi connectivity index (χ3v) is 1.89. The van der Waals surface area contributed by atoms with Gasteiger partial charge in [-0.3, -0.25) is 5.10 Å². The molecule has 0 saturated heterocycles. The molecule has 6 nitrogen and oxygen atoms in total. The van der Waals surface area contributed by atoms with E-state index in [0.717, 1.165) is 6.42 Å². The maximum Gasteiger partial charge on any atom is 0.276 e. The zero-order chi connectivity index (χ0) is 10.8. The quantitative estimate of drug-likeness (QED) is 0.789. The van der Waals surface area contributed by atoms with E-state index in [4.69, 9.17) is 10.3 Å². The average molecular weight is 207 g/mol. The van der Waals surface area contributed by atoms with Crippen LogP contribution in [0.3, 0.4) is 0 Å². The predicted octanol–water partition coefficient (Wildman–Crippen LogP) is 1.24. The highest BCUT2D eigenvalue weighted by atomic mass is 16.5. The minimum absolute atomic E-state index is 0.411. The van der Waals surface area contributed by atoms with Crippen LogP contribution in [0.25, 0.3) is 11.6 Å². The van der Waals surface area contributed by atoms with E-state index in [1.165, 1.54) is 0 Å². The number of hydrogen-bond acceptors (Lipinski definition) is 5. The molecule has 0 saturated carbocycles. The largest absolute Gasteiger partial charge is 0.382 e. The van der Waals surface area contributed by atoms with Crippen molar-refractivity contribution in [1.82, 2.24) is 20.3 Å². The maximum atomic E-state index is 5.47. The lowest BCUT2D eigenvalue weighted by atomic mass is 10.1. The summed E-state index contributed by atoms with van der Waals surface area (Å²) < 4.78 is 5.08. The number of nitrogens with two attached hydrogens (primary N) is 1. The van der Waals surface area contributed by atoms with Crippen molar-refractivity contribution in [3.63, 3.8) is 0 Å². The van der Waals surface area contributed by atoms with Crippen LogP contribution in [-0.4, -0.2) is 20.3 Å². The maximum absolute atomic E-state index is 5.47. The van der Waals surface area contributed by atoms with Gasteiger partial charge in [-0.25, -0.2) is 0 Å². The Bertz CT molecular complexity index is 445. The molecule has 0 aliphatic heterocycles. The summed E-state index contributed by atoms with van der Waals surface area (Å²) in [4.78, 5) is 4.23. The van der Waals surface area contributed by atoms with E-state index >= 15 is 0 Å². The monoisotopic (exact) mass is 207 g/mol.